The second kappa shape index (κ2) is 5.51. The highest BCUT2D eigenvalue weighted by molar-refractivity contribution is 7.89. The zero-order valence-electron chi connectivity index (χ0n) is 9.88. The van der Waals surface area contributed by atoms with Crippen molar-refractivity contribution in [3.05, 3.63) is 46.7 Å². The van der Waals surface area contributed by atoms with E-state index in [-0.39, 0.29) is 4.90 Å². The highest BCUT2D eigenvalue weighted by Crippen LogP contribution is 2.16. The maximum absolute atomic E-state index is 11.5. The fraction of sp³-hybridized carbons (Fsp3) is 0.167. The van der Waals surface area contributed by atoms with Crippen LogP contribution >= 0.6 is 11.3 Å². The number of sulfonamides is 1. The van der Waals surface area contributed by atoms with Crippen LogP contribution in [0.25, 0.3) is 0 Å². The van der Waals surface area contributed by atoms with Gasteiger partial charge < -0.3 is 5.32 Å². The van der Waals surface area contributed by atoms with E-state index in [1.807, 2.05) is 11.4 Å². The maximum atomic E-state index is 11.5. The Kier molecular flexibility index (Phi) is 4.00. The number of hydrogen-bond donors (Lipinski definition) is 2. The fourth-order valence-electron chi connectivity index (χ4n) is 1.47. The van der Waals surface area contributed by atoms with E-state index in [0.29, 0.717) is 0 Å². The van der Waals surface area contributed by atoms with Gasteiger partial charge in [-0.15, -0.1) is 11.3 Å². The number of hydrogen-bond acceptors (Lipinski definition) is 4. The summed E-state index contributed by atoms with van der Waals surface area (Å²) in [6, 6.07) is 10.8. The Balaban J connectivity index is 2.04. The van der Waals surface area contributed by atoms with Gasteiger partial charge >= 0.3 is 0 Å². The summed E-state index contributed by atoms with van der Waals surface area (Å²) in [6.07, 6.45) is 0. The highest BCUT2D eigenvalue weighted by atomic mass is 32.2. The van der Waals surface area contributed by atoms with Gasteiger partial charge in [0.1, 0.15) is 0 Å². The van der Waals surface area contributed by atoms with Gasteiger partial charge in [-0.3, -0.25) is 0 Å². The number of thiophene rings is 1. The largest absolute Gasteiger partial charge is 0.380 e. The van der Waals surface area contributed by atoms with E-state index >= 15 is 0 Å². The molecule has 0 saturated heterocycles. The molecule has 2 aromatic rings. The van der Waals surface area contributed by atoms with E-state index in [4.69, 9.17) is 0 Å². The summed E-state index contributed by atoms with van der Waals surface area (Å²) in [4.78, 5) is 1.51. The van der Waals surface area contributed by atoms with Crippen LogP contribution in [0.4, 0.5) is 5.69 Å². The number of rotatable bonds is 5. The van der Waals surface area contributed by atoms with Gasteiger partial charge in [0.15, 0.2) is 0 Å². The van der Waals surface area contributed by atoms with Crippen LogP contribution in [0, 0.1) is 0 Å². The predicted molar refractivity (Wildman–Crippen MR) is 74.3 cm³/mol. The molecule has 6 heteroatoms. The second-order valence-corrected chi connectivity index (χ2v) is 6.58. The molecule has 1 aromatic carbocycles. The standard InChI is InChI=1S/C12H14N2O2S2/c1-13-18(15,16)12-6-4-10(5-7-12)14-9-11-3-2-8-17-11/h2-8,13-14H,9H2,1H3. The van der Waals surface area contributed by atoms with Crippen molar-refractivity contribution in [1.29, 1.82) is 0 Å². The third-order valence-electron chi connectivity index (χ3n) is 2.48. The van der Waals surface area contributed by atoms with Crippen LogP contribution in [-0.4, -0.2) is 15.5 Å². The molecule has 2 N–H and O–H groups in total. The van der Waals surface area contributed by atoms with Crippen molar-refractivity contribution in [3.8, 4) is 0 Å². The monoisotopic (exact) mass is 282 g/mol. The molecule has 4 nitrogen and oxygen atoms in total. The van der Waals surface area contributed by atoms with E-state index in [9.17, 15) is 8.42 Å². The Morgan fingerprint density at radius 2 is 1.89 bits per heavy atom. The molecule has 0 atom stereocenters. The Labute approximate surface area is 111 Å². The van der Waals surface area contributed by atoms with E-state index in [2.05, 4.69) is 16.1 Å². The lowest BCUT2D eigenvalue weighted by Crippen LogP contribution is -2.18. The lowest BCUT2D eigenvalue weighted by Gasteiger charge is -2.06. The summed E-state index contributed by atoms with van der Waals surface area (Å²) < 4.78 is 25.3. The van der Waals surface area contributed by atoms with Gasteiger partial charge in [-0.1, -0.05) is 6.07 Å². The van der Waals surface area contributed by atoms with Crippen molar-refractivity contribution < 1.29 is 8.42 Å². The van der Waals surface area contributed by atoms with Gasteiger partial charge in [-0.05, 0) is 42.8 Å². The Morgan fingerprint density at radius 1 is 1.17 bits per heavy atom. The summed E-state index contributed by atoms with van der Waals surface area (Å²) in [6.45, 7) is 0.746. The molecule has 0 fully saturated rings. The Morgan fingerprint density at radius 3 is 2.44 bits per heavy atom. The summed E-state index contributed by atoms with van der Waals surface area (Å²) in [7, 11) is -1.95. The van der Waals surface area contributed by atoms with Crippen LogP contribution in [0.5, 0.6) is 0 Å². The normalized spacial score (nSPS) is 11.4. The molecule has 0 spiro atoms. The zero-order valence-corrected chi connectivity index (χ0v) is 11.5. The van der Waals surface area contributed by atoms with Crippen molar-refractivity contribution in [3.63, 3.8) is 0 Å². The molecule has 0 aliphatic carbocycles. The van der Waals surface area contributed by atoms with Gasteiger partial charge in [0.2, 0.25) is 10.0 Å². The molecule has 1 aromatic heterocycles. The fourth-order valence-corrected chi connectivity index (χ4v) is 2.85. The van der Waals surface area contributed by atoms with Crippen LogP contribution in [0.1, 0.15) is 4.88 Å². The van der Waals surface area contributed by atoms with Crippen LogP contribution in [-0.2, 0) is 16.6 Å². The third-order valence-corrected chi connectivity index (χ3v) is 4.79. The number of benzene rings is 1. The molecular weight excluding hydrogens is 268 g/mol. The van der Waals surface area contributed by atoms with Crippen molar-refractivity contribution >= 4 is 27.0 Å². The van der Waals surface area contributed by atoms with E-state index < -0.39 is 10.0 Å². The minimum atomic E-state index is -3.35. The molecule has 2 rings (SSSR count). The molecule has 18 heavy (non-hydrogen) atoms. The SMILES string of the molecule is CNS(=O)(=O)c1ccc(NCc2cccs2)cc1. The smallest absolute Gasteiger partial charge is 0.240 e. The molecule has 0 unspecified atom stereocenters. The molecular formula is C12H14N2O2S2. The first kappa shape index (κ1) is 13.1. The summed E-state index contributed by atoms with van der Waals surface area (Å²) in [5.74, 6) is 0. The Bertz CT molecular complexity index is 590. The van der Waals surface area contributed by atoms with Gasteiger partial charge in [0, 0.05) is 17.1 Å². The number of anilines is 1. The van der Waals surface area contributed by atoms with E-state index in [1.54, 1.807) is 35.6 Å². The minimum absolute atomic E-state index is 0.270. The molecule has 0 radical (unpaired) electrons. The zero-order chi connectivity index (χ0) is 13.0. The van der Waals surface area contributed by atoms with Crippen LogP contribution in [0.2, 0.25) is 0 Å². The van der Waals surface area contributed by atoms with Gasteiger partial charge in [0.25, 0.3) is 0 Å². The average Bonchev–Trinajstić information content (AvgIpc) is 2.90. The van der Waals surface area contributed by atoms with Crippen molar-refractivity contribution in [1.82, 2.24) is 4.72 Å². The molecule has 0 aliphatic heterocycles. The lowest BCUT2D eigenvalue weighted by atomic mass is 10.3. The molecule has 0 amide bonds. The summed E-state index contributed by atoms with van der Waals surface area (Å²) >= 11 is 1.68. The summed E-state index contributed by atoms with van der Waals surface area (Å²) in [5, 5.41) is 5.27. The van der Waals surface area contributed by atoms with Gasteiger partial charge in [-0.25, -0.2) is 13.1 Å². The van der Waals surface area contributed by atoms with Gasteiger partial charge in [0.05, 0.1) is 4.90 Å². The van der Waals surface area contributed by atoms with Crippen LogP contribution in [0.15, 0.2) is 46.7 Å². The second-order valence-electron chi connectivity index (χ2n) is 3.66. The molecule has 96 valence electrons. The van der Waals surface area contributed by atoms with Crippen molar-refractivity contribution in [2.45, 2.75) is 11.4 Å². The van der Waals surface area contributed by atoms with Crippen molar-refractivity contribution in [2.24, 2.45) is 0 Å². The van der Waals surface area contributed by atoms with Gasteiger partial charge in [-0.2, -0.15) is 0 Å². The third kappa shape index (κ3) is 3.10. The first-order chi connectivity index (χ1) is 8.62. The first-order valence-corrected chi connectivity index (χ1v) is 7.78. The van der Waals surface area contributed by atoms with E-state index in [1.165, 1.54) is 11.9 Å². The van der Waals surface area contributed by atoms with Crippen molar-refractivity contribution in [2.75, 3.05) is 12.4 Å². The topological polar surface area (TPSA) is 58.2 Å². The lowest BCUT2D eigenvalue weighted by molar-refractivity contribution is 0.588. The van der Waals surface area contributed by atoms with E-state index in [0.717, 1.165) is 12.2 Å². The minimum Gasteiger partial charge on any atom is -0.380 e. The highest BCUT2D eigenvalue weighted by Gasteiger charge is 2.10. The molecule has 1 heterocycles. The van der Waals surface area contributed by atoms with Crippen LogP contribution in [0.3, 0.4) is 0 Å². The first-order valence-electron chi connectivity index (χ1n) is 5.42. The quantitative estimate of drug-likeness (QED) is 0.884. The molecule has 0 saturated carbocycles. The maximum Gasteiger partial charge on any atom is 0.240 e. The molecule has 0 aliphatic rings. The van der Waals surface area contributed by atoms with Crippen LogP contribution < -0.4 is 10.0 Å². The molecule has 0 bridgehead atoms. The predicted octanol–water partition coefficient (Wildman–Crippen LogP) is 2.27. The Hall–Kier alpha value is -1.37. The average molecular weight is 282 g/mol. The summed E-state index contributed by atoms with van der Waals surface area (Å²) in [5.41, 5.74) is 0.901. The number of nitrogens with one attached hydrogen (secondary N) is 2.